The lowest BCUT2D eigenvalue weighted by Gasteiger charge is -2.15. The quantitative estimate of drug-likeness (QED) is 0.526. The Balaban J connectivity index is 2.24. The molecule has 0 amide bonds. The summed E-state index contributed by atoms with van der Waals surface area (Å²) in [5.74, 6) is 0.632. The summed E-state index contributed by atoms with van der Waals surface area (Å²) in [5, 5.41) is 9.77. The summed E-state index contributed by atoms with van der Waals surface area (Å²) < 4.78 is 16.1. The number of phenolic OH excluding ortho intramolecular Hbond substituents is 1. The molecule has 6 nitrogen and oxygen atoms in total. The lowest BCUT2D eigenvalue weighted by molar-refractivity contribution is 0.388. The van der Waals surface area contributed by atoms with Gasteiger partial charge in [-0.25, -0.2) is 4.98 Å². The van der Waals surface area contributed by atoms with Crippen LogP contribution in [0.5, 0.6) is 11.5 Å². The van der Waals surface area contributed by atoms with Crippen LogP contribution in [0.15, 0.2) is 31.8 Å². The van der Waals surface area contributed by atoms with Crippen molar-refractivity contribution in [2.24, 2.45) is 0 Å². The molecular weight excluding hydrogens is 250 g/mol. The molecule has 2 aromatic heterocycles. The minimum absolute atomic E-state index is 0.0208. The molecule has 1 aromatic carbocycles. The van der Waals surface area contributed by atoms with E-state index in [0.717, 1.165) is 0 Å². The third-order valence-corrected chi connectivity index (χ3v) is 3.06. The molecule has 1 N–H and O–H groups in total. The third-order valence-electron chi connectivity index (χ3n) is 3.06. The Kier molecular flexibility index (Phi) is 1.70. The van der Waals surface area contributed by atoms with Gasteiger partial charge in [-0.3, -0.25) is 4.79 Å². The second kappa shape index (κ2) is 3.17. The predicted molar refractivity (Wildman–Crippen MR) is 66.1 cm³/mol. The van der Waals surface area contributed by atoms with Crippen LogP contribution in [-0.4, -0.2) is 17.2 Å². The largest absolute Gasteiger partial charge is 0.501 e. The van der Waals surface area contributed by atoms with Gasteiger partial charge in [-0.1, -0.05) is 0 Å². The summed E-state index contributed by atoms with van der Waals surface area (Å²) >= 11 is 0. The number of nitrogens with zero attached hydrogens (tertiary/aromatic N) is 1. The molecule has 94 valence electrons. The van der Waals surface area contributed by atoms with Gasteiger partial charge in [0, 0.05) is 6.07 Å². The van der Waals surface area contributed by atoms with Crippen LogP contribution in [-0.2, 0) is 0 Å². The van der Waals surface area contributed by atoms with Crippen molar-refractivity contribution in [3.8, 4) is 23.0 Å². The molecule has 0 radical (unpaired) electrons. The maximum atomic E-state index is 11.3. The first-order chi connectivity index (χ1) is 9.19. The number of hydrogen-bond acceptors (Lipinski definition) is 6. The standard InChI is InChI=1S/C13H7NO5/c1-17-10-8-11(13-9(16)12(10)19-13)18-7-4-5(15)2-3-6(7)14-8/h2-4,16H,1H3. The van der Waals surface area contributed by atoms with Crippen molar-refractivity contribution in [2.75, 3.05) is 7.11 Å². The first-order valence-electron chi connectivity index (χ1n) is 5.54. The average Bonchev–Trinajstić information content (AvgIpc) is 2.42. The topological polar surface area (TPSA) is 85.7 Å². The summed E-state index contributed by atoms with van der Waals surface area (Å²) in [6.45, 7) is 0. The number of benzene rings is 2. The number of fused-ring (bicyclic) bond motifs is 1. The van der Waals surface area contributed by atoms with E-state index >= 15 is 0 Å². The Morgan fingerprint density at radius 1 is 1.21 bits per heavy atom. The molecule has 0 fully saturated rings. The number of methoxy groups -OCH3 is 1. The fraction of sp³-hybridized carbons (Fsp3) is 0.0769. The van der Waals surface area contributed by atoms with Crippen molar-refractivity contribution in [1.82, 2.24) is 4.98 Å². The normalized spacial score (nSPS) is 11.8. The summed E-state index contributed by atoms with van der Waals surface area (Å²) in [7, 11) is 1.46. The van der Waals surface area contributed by atoms with Crippen molar-refractivity contribution in [2.45, 2.75) is 0 Å². The van der Waals surface area contributed by atoms with Gasteiger partial charge in [0.05, 0.1) is 7.11 Å². The maximum Gasteiger partial charge on any atom is 0.218 e. The van der Waals surface area contributed by atoms with E-state index in [4.69, 9.17) is 13.6 Å². The van der Waals surface area contributed by atoms with Gasteiger partial charge in [-0.2, -0.15) is 0 Å². The Morgan fingerprint density at radius 2 is 2.05 bits per heavy atom. The Hall–Kier alpha value is -2.76. The van der Waals surface area contributed by atoms with E-state index in [-0.39, 0.29) is 27.9 Å². The highest BCUT2D eigenvalue weighted by molar-refractivity contribution is 6.07. The maximum absolute atomic E-state index is 11.3. The zero-order valence-corrected chi connectivity index (χ0v) is 9.76. The minimum atomic E-state index is -0.176. The van der Waals surface area contributed by atoms with E-state index in [0.29, 0.717) is 22.7 Å². The number of aromatic hydroxyl groups is 1. The molecule has 19 heavy (non-hydrogen) atoms. The lowest BCUT2D eigenvalue weighted by Crippen LogP contribution is -2.01. The van der Waals surface area contributed by atoms with Gasteiger partial charge in [-0.05, 0) is 12.1 Å². The second-order valence-electron chi connectivity index (χ2n) is 4.16. The SMILES string of the molecule is COc1c2oc(c2O)c2oc3cc(=O)ccc-3nc12. The van der Waals surface area contributed by atoms with Gasteiger partial charge in [0.2, 0.25) is 22.5 Å². The van der Waals surface area contributed by atoms with Crippen molar-refractivity contribution in [3.63, 3.8) is 0 Å². The van der Waals surface area contributed by atoms with Gasteiger partial charge in [0.15, 0.2) is 22.5 Å². The second-order valence-corrected chi connectivity index (χ2v) is 4.16. The van der Waals surface area contributed by atoms with E-state index in [2.05, 4.69) is 4.98 Å². The molecule has 0 unspecified atom stereocenters. The molecule has 3 aromatic rings. The highest BCUT2D eigenvalue weighted by atomic mass is 16.5. The third kappa shape index (κ3) is 1.15. The van der Waals surface area contributed by atoms with Crippen LogP contribution in [0.1, 0.15) is 0 Å². The number of aromatic nitrogens is 1. The summed E-state index contributed by atoms with van der Waals surface area (Å²) in [6, 6.07) is 4.33. The molecule has 2 bridgehead atoms. The molecule has 5 rings (SSSR count). The van der Waals surface area contributed by atoms with Gasteiger partial charge >= 0.3 is 0 Å². The molecule has 6 heteroatoms. The first kappa shape index (κ1) is 10.2. The number of ether oxygens (including phenoxy) is 1. The van der Waals surface area contributed by atoms with E-state index in [1.54, 1.807) is 6.07 Å². The Morgan fingerprint density at radius 3 is 2.79 bits per heavy atom. The molecule has 1 aliphatic carbocycles. The van der Waals surface area contributed by atoms with E-state index in [9.17, 15) is 9.90 Å². The molecule has 2 aliphatic rings. The fourth-order valence-corrected chi connectivity index (χ4v) is 2.17. The smallest absolute Gasteiger partial charge is 0.218 e. The zero-order chi connectivity index (χ0) is 13.1. The van der Waals surface area contributed by atoms with Crippen LogP contribution in [0.2, 0.25) is 0 Å². The molecular formula is C13H7NO5. The number of phenols is 1. The molecule has 0 atom stereocenters. The monoisotopic (exact) mass is 257 g/mol. The van der Waals surface area contributed by atoms with Crippen molar-refractivity contribution >= 4 is 22.3 Å². The number of hydrogen-bond donors (Lipinski definition) is 1. The highest BCUT2D eigenvalue weighted by Crippen LogP contribution is 2.48. The van der Waals surface area contributed by atoms with Gasteiger partial charge in [0.25, 0.3) is 0 Å². The summed E-state index contributed by atoms with van der Waals surface area (Å²) in [4.78, 5) is 15.7. The fourth-order valence-electron chi connectivity index (χ4n) is 2.17. The van der Waals surface area contributed by atoms with E-state index in [1.807, 2.05) is 0 Å². The van der Waals surface area contributed by atoms with Crippen LogP contribution in [0.4, 0.5) is 0 Å². The summed E-state index contributed by atoms with van der Waals surface area (Å²) in [6.07, 6.45) is 0. The molecule has 1 aliphatic heterocycles. The van der Waals surface area contributed by atoms with Gasteiger partial charge in [-0.15, -0.1) is 0 Å². The average molecular weight is 257 g/mol. The van der Waals surface area contributed by atoms with E-state index < -0.39 is 0 Å². The van der Waals surface area contributed by atoms with Crippen LogP contribution in [0, 0.1) is 0 Å². The van der Waals surface area contributed by atoms with Crippen LogP contribution < -0.4 is 10.2 Å². The molecule has 0 spiro atoms. The van der Waals surface area contributed by atoms with Crippen LogP contribution in [0.25, 0.3) is 33.7 Å². The van der Waals surface area contributed by atoms with E-state index in [1.165, 1.54) is 19.2 Å². The first-order valence-corrected chi connectivity index (χ1v) is 5.54. The van der Waals surface area contributed by atoms with Gasteiger partial charge in [0.1, 0.15) is 5.69 Å². The zero-order valence-electron chi connectivity index (χ0n) is 9.76. The Bertz CT molecular complexity index is 935. The minimum Gasteiger partial charge on any atom is -0.501 e. The Labute approximate surface area is 105 Å². The van der Waals surface area contributed by atoms with Crippen molar-refractivity contribution in [3.05, 3.63) is 28.4 Å². The van der Waals surface area contributed by atoms with Crippen molar-refractivity contribution in [1.29, 1.82) is 0 Å². The number of rotatable bonds is 1. The highest BCUT2D eigenvalue weighted by Gasteiger charge is 2.27. The molecule has 0 saturated heterocycles. The van der Waals surface area contributed by atoms with Crippen LogP contribution in [0.3, 0.4) is 0 Å². The summed E-state index contributed by atoms with van der Waals surface area (Å²) in [5.41, 5.74) is 1.56. The molecule has 0 saturated carbocycles. The van der Waals surface area contributed by atoms with Crippen LogP contribution >= 0.6 is 0 Å². The molecule has 3 heterocycles. The van der Waals surface area contributed by atoms with Crippen molar-refractivity contribution < 1.29 is 18.7 Å². The van der Waals surface area contributed by atoms with Gasteiger partial charge < -0.3 is 18.7 Å². The predicted octanol–water partition coefficient (Wildman–Crippen LogP) is 2.19. The lowest BCUT2D eigenvalue weighted by atomic mass is 10.2.